The molecule has 0 heterocycles. The smallest absolute Gasteiger partial charge is 0.00180 e. The van der Waals surface area contributed by atoms with Crippen LogP contribution in [0.25, 0.3) is 0 Å². The van der Waals surface area contributed by atoms with Crippen molar-refractivity contribution in [3.05, 3.63) is 0 Å². The molecule has 0 amide bonds. The van der Waals surface area contributed by atoms with Gasteiger partial charge in [0, 0.05) is 0 Å². The highest BCUT2D eigenvalue weighted by Crippen LogP contribution is 2.34. The molecule has 3 unspecified atom stereocenters. The lowest BCUT2D eigenvalue weighted by Crippen LogP contribution is -2.32. The topological polar surface area (TPSA) is 12.0 Å². The summed E-state index contributed by atoms with van der Waals surface area (Å²) in [7, 11) is 0. The Morgan fingerprint density at radius 2 is 2.00 bits per heavy atom. The molecule has 0 spiro atoms. The first kappa shape index (κ1) is 12.0. The van der Waals surface area contributed by atoms with Gasteiger partial charge in [-0.25, -0.2) is 0 Å². The summed E-state index contributed by atoms with van der Waals surface area (Å²) >= 11 is 0. The van der Waals surface area contributed by atoms with Crippen LogP contribution in [0.5, 0.6) is 0 Å². The molecule has 0 aromatic carbocycles. The van der Waals surface area contributed by atoms with E-state index in [1.54, 1.807) is 0 Å². The van der Waals surface area contributed by atoms with E-state index >= 15 is 0 Å². The van der Waals surface area contributed by atoms with Gasteiger partial charge >= 0.3 is 0 Å². The highest BCUT2D eigenvalue weighted by atomic mass is 14.9. The average Bonchev–Trinajstić information content (AvgIpc) is 2.20. The minimum absolute atomic E-state index is 0.943. The molecule has 3 atom stereocenters. The van der Waals surface area contributed by atoms with E-state index in [2.05, 4.69) is 26.1 Å². The number of nitrogens with one attached hydrogen (secondary N) is 1. The monoisotopic (exact) mass is 197 g/mol. The van der Waals surface area contributed by atoms with Crippen molar-refractivity contribution in [3.63, 3.8) is 0 Å². The van der Waals surface area contributed by atoms with Crippen LogP contribution in [0.2, 0.25) is 0 Å². The van der Waals surface area contributed by atoms with E-state index in [1.165, 1.54) is 45.2 Å². The molecule has 1 heteroatoms. The van der Waals surface area contributed by atoms with Crippen molar-refractivity contribution >= 4 is 0 Å². The molecule has 84 valence electrons. The van der Waals surface area contributed by atoms with Crippen LogP contribution in [-0.4, -0.2) is 13.1 Å². The second-order valence-corrected chi connectivity index (χ2v) is 5.03. The van der Waals surface area contributed by atoms with Crippen LogP contribution in [0.15, 0.2) is 0 Å². The second-order valence-electron chi connectivity index (χ2n) is 5.03. The van der Waals surface area contributed by atoms with Crippen molar-refractivity contribution in [2.24, 2.45) is 17.8 Å². The lowest BCUT2D eigenvalue weighted by molar-refractivity contribution is 0.186. The van der Waals surface area contributed by atoms with Gasteiger partial charge in [0.25, 0.3) is 0 Å². The Labute approximate surface area is 89.7 Å². The zero-order valence-electron chi connectivity index (χ0n) is 10.2. The van der Waals surface area contributed by atoms with Crippen molar-refractivity contribution in [1.82, 2.24) is 5.32 Å². The fourth-order valence-corrected chi connectivity index (χ4v) is 2.71. The summed E-state index contributed by atoms with van der Waals surface area (Å²) in [4.78, 5) is 0. The van der Waals surface area contributed by atoms with E-state index in [4.69, 9.17) is 0 Å². The summed E-state index contributed by atoms with van der Waals surface area (Å²) in [6, 6.07) is 0. The Bertz CT molecular complexity index is 142. The summed E-state index contributed by atoms with van der Waals surface area (Å²) in [6.45, 7) is 9.48. The van der Waals surface area contributed by atoms with Gasteiger partial charge in [0.1, 0.15) is 0 Å². The Morgan fingerprint density at radius 1 is 1.21 bits per heavy atom. The van der Waals surface area contributed by atoms with E-state index in [9.17, 15) is 0 Å². The Morgan fingerprint density at radius 3 is 2.57 bits per heavy atom. The SMILES string of the molecule is CCCNCC1CCC(CC)CC1C. The van der Waals surface area contributed by atoms with Crippen LogP contribution < -0.4 is 5.32 Å². The molecule has 0 bridgehead atoms. The Balaban J connectivity index is 2.20. The number of rotatable bonds is 5. The van der Waals surface area contributed by atoms with E-state index in [-0.39, 0.29) is 0 Å². The Hall–Kier alpha value is -0.0400. The fraction of sp³-hybridized carbons (Fsp3) is 1.00. The lowest BCUT2D eigenvalue weighted by atomic mass is 9.74. The lowest BCUT2D eigenvalue weighted by Gasteiger charge is -2.34. The Kier molecular flexibility index (Phi) is 5.54. The minimum atomic E-state index is 0.943. The summed E-state index contributed by atoms with van der Waals surface area (Å²) in [5.74, 6) is 2.91. The summed E-state index contributed by atoms with van der Waals surface area (Å²) in [5, 5.41) is 3.57. The number of hydrogen-bond acceptors (Lipinski definition) is 1. The van der Waals surface area contributed by atoms with Gasteiger partial charge in [-0.2, -0.15) is 0 Å². The molecule has 0 aliphatic heterocycles. The predicted molar refractivity (Wildman–Crippen MR) is 63.4 cm³/mol. The van der Waals surface area contributed by atoms with Crippen LogP contribution in [0, 0.1) is 17.8 Å². The third-order valence-electron chi connectivity index (χ3n) is 3.87. The normalized spacial score (nSPS) is 33.2. The highest BCUT2D eigenvalue weighted by Gasteiger charge is 2.25. The van der Waals surface area contributed by atoms with Gasteiger partial charge in [0.05, 0.1) is 0 Å². The van der Waals surface area contributed by atoms with Crippen molar-refractivity contribution in [2.45, 2.75) is 52.9 Å². The van der Waals surface area contributed by atoms with Crippen molar-refractivity contribution < 1.29 is 0 Å². The quantitative estimate of drug-likeness (QED) is 0.666. The highest BCUT2D eigenvalue weighted by molar-refractivity contribution is 4.78. The molecule has 0 radical (unpaired) electrons. The molecule has 0 aromatic heterocycles. The van der Waals surface area contributed by atoms with E-state index in [1.807, 2.05) is 0 Å². The minimum Gasteiger partial charge on any atom is -0.316 e. The molecule has 0 aromatic rings. The first-order valence-electron chi connectivity index (χ1n) is 6.48. The van der Waals surface area contributed by atoms with Crippen molar-refractivity contribution in [1.29, 1.82) is 0 Å². The summed E-state index contributed by atoms with van der Waals surface area (Å²) < 4.78 is 0. The van der Waals surface area contributed by atoms with Gasteiger partial charge in [-0.3, -0.25) is 0 Å². The molecule has 1 saturated carbocycles. The molecule has 14 heavy (non-hydrogen) atoms. The van der Waals surface area contributed by atoms with Gasteiger partial charge in [-0.05, 0) is 50.1 Å². The third kappa shape index (κ3) is 3.61. The molecule has 1 aliphatic carbocycles. The van der Waals surface area contributed by atoms with Crippen LogP contribution in [0.3, 0.4) is 0 Å². The maximum atomic E-state index is 3.57. The maximum absolute atomic E-state index is 3.57. The number of hydrogen-bond donors (Lipinski definition) is 1. The fourth-order valence-electron chi connectivity index (χ4n) is 2.71. The second kappa shape index (κ2) is 6.44. The molecule has 1 rings (SSSR count). The molecule has 0 saturated heterocycles. The van der Waals surface area contributed by atoms with Gasteiger partial charge in [0.15, 0.2) is 0 Å². The molecule has 1 N–H and O–H groups in total. The zero-order chi connectivity index (χ0) is 10.4. The van der Waals surface area contributed by atoms with Gasteiger partial charge in [-0.15, -0.1) is 0 Å². The average molecular weight is 197 g/mol. The van der Waals surface area contributed by atoms with Crippen molar-refractivity contribution in [2.75, 3.05) is 13.1 Å². The predicted octanol–water partition coefficient (Wildman–Crippen LogP) is 3.45. The van der Waals surface area contributed by atoms with Crippen LogP contribution in [0.1, 0.15) is 52.9 Å². The zero-order valence-corrected chi connectivity index (χ0v) is 10.2. The molecular weight excluding hydrogens is 170 g/mol. The largest absolute Gasteiger partial charge is 0.316 e. The van der Waals surface area contributed by atoms with Gasteiger partial charge in [-0.1, -0.05) is 33.6 Å². The first-order valence-corrected chi connectivity index (χ1v) is 6.48. The first-order chi connectivity index (χ1) is 6.77. The maximum Gasteiger partial charge on any atom is -0.00180 e. The van der Waals surface area contributed by atoms with Crippen molar-refractivity contribution in [3.8, 4) is 0 Å². The third-order valence-corrected chi connectivity index (χ3v) is 3.87. The van der Waals surface area contributed by atoms with Crippen LogP contribution in [0.4, 0.5) is 0 Å². The molecular formula is C13H27N. The van der Waals surface area contributed by atoms with E-state index < -0.39 is 0 Å². The van der Waals surface area contributed by atoms with Gasteiger partial charge < -0.3 is 5.32 Å². The summed E-state index contributed by atoms with van der Waals surface area (Å²) in [6.07, 6.45) is 7.04. The summed E-state index contributed by atoms with van der Waals surface area (Å²) in [5.41, 5.74) is 0. The van der Waals surface area contributed by atoms with Crippen LogP contribution in [-0.2, 0) is 0 Å². The van der Waals surface area contributed by atoms with E-state index in [0.29, 0.717) is 0 Å². The standard InChI is InChI=1S/C13H27N/c1-4-8-14-10-13-7-6-12(5-2)9-11(13)3/h11-14H,4-10H2,1-3H3. The molecule has 1 nitrogen and oxygen atoms in total. The van der Waals surface area contributed by atoms with Crippen LogP contribution >= 0.6 is 0 Å². The molecule has 1 fully saturated rings. The molecule has 1 aliphatic rings. The van der Waals surface area contributed by atoms with Gasteiger partial charge in [0.2, 0.25) is 0 Å². The van der Waals surface area contributed by atoms with E-state index in [0.717, 1.165) is 17.8 Å².